The number of benzene rings is 3. The molecule has 5 heteroatoms. The summed E-state index contributed by atoms with van der Waals surface area (Å²) in [6.07, 6.45) is 0. The molecule has 0 radical (unpaired) electrons. The fourth-order valence-corrected chi connectivity index (χ4v) is 5.45. The number of carbonyl (C=O) groups is 2. The summed E-state index contributed by atoms with van der Waals surface area (Å²) in [5.74, 6) is -0.596. The Balaban J connectivity index is 1.58. The van der Waals surface area contributed by atoms with Gasteiger partial charge in [0.05, 0.1) is 24.2 Å². The first-order valence-corrected chi connectivity index (χ1v) is 12.2. The van der Waals surface area contributed by atoms with Crippen LogP contribution in [0.3, 0.4) is 0 Å². The molecule has 1 heterocycles. The molecule has 0 unspecified atom stereocenters. The Morgan fingerprint density at radius 3 is 2.45 bits per heavy atom. The number of fused-ring (bicyclic) bond motifs is 1. The molecule has 170 valence electrons. The van der Waals surface area contributed by atoms with E-state index < -0.39 is 11.2 Å². The van der Waals surface area contributed by atoms with Gasteiger partial charge >= 0.3 is 0 Å². The number of rotatable bonds is 6. The fourth-order valence-electron chi connectivity index (χ4n) is 4.17. The van der Waals surface area contributed by atoms with Crippen LogP contribution in [0.25, 0.3) is 0 Å². The molecule has 4 nitrogen and oxygen atoms in total. The Kier molecular flexibility index (Phi) is 6.89. The number of hydrogen-bond donors (Lipinski definition) is 1. The summed E-state index contributed by atoms with van der Waals surface area (Å²) in [6.45, 7) is 8.45. The molecular formula is C28H30N2O2S. The van der Waals surface area contributed by atoms with Crippen molar-refractivity contribution < 1.29 is 9.59 Å². The third-order valence-electron chi connectivity index (χ3n) is 6.28. The highest BCUT2D eigenvalue weighted by molar-refractivity contribution is 8.01. The Morgan fingerprint density at radius 1 is 1.00 bits per heavy atom. The summed E-state index contributed by atoms with van der Waals surface area (Å²) < 4.78 is 0. The van der Waals surface area contributed by atoms with Crippen LogP contribution in [0.1, 0.15) is 42.1 Å². The molecule has 0 fully saturated rings. The summed E-state index contributed by atoms with van der Waals surface area (Å²) in [5, 5.41) is 2.62. The van der Waals surface area contributed by atoms with Crippen molar-refractivity contribution >= 4 is 29.3 Å². The first-order valence-electron chi connectivity index (χ1n) is 11.3. The highest BCUT2D eigenvalue weighted by Gasteiger charge is 2.39. The minimum absolute atomic E-state index is 0.0189. The van der Waals surface area contributed by atoms with E-state index >= 15 is 0 Å². The van der Waals surface area contributed by atoms with E-state index in [0.717, 1.165) is 27.3 Å². The molecular weight excluding hydrogens is 428 g/mol. The first-order chi connectivity index (χ1) is 15.8. The Hall–Kier alpha value is -3.05. The number of aryl methyl sites for hydroxylation is 2. The van der Waals surface area contributed by atoms with E-state index in [2.05, 4.69) is 37.4 Å². The lowest BCUT2D eigenvalue weighted by Crippen LogP contribution is -2.47. The minimum atomic E-state index is -0.479. The topological polar surface area (TPSA) is 49.4 Å². The van der Waals surface area contributed by atoms with Gasteiger partial charge in [0.25, 0.3) is 0 Å². The van der Waals surface area contributed by atoms with Crippen LogP contribution >= 0.6 is 11.8 Å². The van der Waals surface area contributed by atoms with Crippen LogP contribution in [0.5, 0.6) is 0 Å². The second kappa shape index (κ2) is 9.84. The van der Waals surface area contributed by atoms with Crippen molar-refractivity contribution in [3.05, 3.63) is 95.1 Å². The summed E-state index contributed by atoms with van der Waals surface area (Å²) in [5.41, 5.74) is 5.40. The third-order valence-corrected chi connectivity index (χ3v) is 7.74. The smallest absolute Gasteiger partial charge is 0.241 e. The van der Waals surface area contributed by atoms with Gasteiger partial charge in [-0.2, -0.15) is 0 Å². The first kappa shape index (κ1) is 23.1. The number of nitrogens with zero attached hydrogens (tertiary/aromatic N) is 1. The highest BCUT2D eigenvalue weighted by atomic mass is 32.2. The zero-order valence-corrected chi connectivity index (χ0v) is 20.4. The van der Waals surface area contributed by atoms with E-state index in [1.165, 1.54) is 17.3 Å². The van der Waals surface area contributed by atoms with E-state index in [4.69, 9.17) is 0 Å². The number of hydrogen-bond acceptors (Lipinski definition) is 3. The molecule has 0 bridgehead atoms. The zero-order chi connectivity index (χ0) is 23.5. The van der Waals surface area contributed by atoms with Crippen molar-refractivity contribution in [1.82, 2.24) is 5.32 Å². The SMILES string of the molecule is Cc1ccc(C)c(CN2C(=O)[C@H]([C@@H](C)C(=O)N[C@H](C)c3ccccc3)Sc3ccccc32)c1. The van der Waals surface area contributed by atoms with Crippen molar-refractivity contribution in [2.24, 2.45) is 5.92 Å². The van der Waals surface area contributed by atoms with Crippen LogP contribution in [0.15, 0.2) is 77.7 Å². The lowest BCUT2D eigenvalue weighted by Gasteiger charge is -2.36. The standard InChI is InChI=1S/C28H30N2O2S/c1-18-14-15-19(2)23(16-18)17-30-24-12-8-9-13-25(24)33-26(28(30)32)20(3)27(31)29-21(4)22-10-6-5-7-11-22/h5-16,20-21,26H,17H2,1-4H3,(H,29,31)/t20-,21-,26+/m1/s1. The molecule has 0 aliphatic carbocycles. The number of anilines is 1. The molecule has 3 atom stereocenters. The minimum Gasteiger partial charge on any atom is -0.349 e. The van der Waals surface area contributed by atoms with Gasteiger partial charge in [-0.15, -0.1) is 11.8 Å². The average Bonchev–Trinajstić information content (AvgIpc) is 2.82. The van der Waals surface area contributed by atoms with Gasteiger partial charge in [0.2, 0.25) is 11.8 Å². The van der Waals surface area contributed by atoms with Crippen LogP contribution in [0.4, 0.5) is 5.69 Å². The van der Waals surface area contributed by atoms with Gasteiger partial charge in [-0.1, -0.05) is 73.2 Å². The molecule has 1 N–H and O–H groups in total. The van der Waals surface area contributed by atoms with E-state index in [1.54, 1.807) is 0 Å². The molecule has 0 aromatic heterocycles. The average molecular weight is 459 g/mol. The quantitative estimate of drug-likeness (QED) is 0.506. The van der Waals surface area contributed by atoms with Gasteiger partial charge in [-0.05, 0) is 49.6 Å². The summed E-state index contributed by atoms with van der Waals surface area (Å²) in [7, 11) is 0. The number of thioether (sulfide) groups is 1. The van der Waals surface area contributed by atoms with Crippen molar-refractivity contribution in [3.63, 3.8) is 0 Å². The lowest BCUT2D eigenvalue weighted by atomic mass is 10.0. The number of nitrogens with one attached hydrogen (secondary N) is 1. The Labute approximate surface area is 200 Å². The molecule has 33 heavy (non-hydrogen) atoms. The predicted octanol–water partition coefficient (Wildman–Crippen LogP) is 5.82. The van der Waals surface area contributed by atoms with Gasteiger partial charge in [0.15, 0.2) is 0 Å². The summed E-state index contributed by atoms with van der Waals surface area (Å²) >= 11 is 1.49. The predicted molar refractivity (Wildman–Crippen MR) is 135 cm³/mol. The zero-order valence-electron chi connectivity index (χ0n) is 19.5. The van der Waals surface area contributed by atoms with E-state index in [0.29, 0.717) is 6.54 Å². The number of carbonyl (C=O) groups excluding carboxylic acids is 2. The van der Waals surface area contributed by atoms with Crippen LogP contribution in [0.2, 0.25) is 0 Å². The largest absolute Gasteiger partial charge is 0.349 e. The maximum atomic E-state index is 13.7. The second-order valence-corrected chi connectivity index (χ2v) is 9.97. The third kappa shape index (κ3) is 4.98. The van der Waals surface area contributed by atoms with Gasteiger partial charge in [-0.25, -0.2) is 0 Å². The Bertz CT molecular complexity index is 1160. The van der Waals surface area contributed by atoms with Gasteiger partial charge < -0.3 is 10.2 Å². The summed E-state index contributed by atoms with van der Waals surface area (Å²) in [6, 6.07) is 24.0. The summed E-state index contributed by atoms with van der Waals surface area (Å²) in [4.78, 5) is 29.7. The van der Waals surface area contributed by atoms with Gasteiger partial charge in [0.1, 0.15) is 5.25 Å². The molecule has 0 saturated heterocycles. The molecule has 0 saturated carbocycles. The van der Waals surface area contributed by atoms with E-state index in [1.807, 2.05) is 73.3 Å². The Morgan fingerprint density at radius 2 is 1.70 bits per heavy atom. The van der Waals surface area contributed by atoms with Crippen LogP contribution in [-0.4, -0.2) is 17.1 Å². The normalized spacial score (nSPS) is 17.3. The molecule has 0 spiro atoms. The number of para-hydroxylation sites is 1. The highest BCUT2D eigenvalue weighted by Crippen LogP contribution is 2.42. The molecule has 2 amide bonds. The van der Waals surface area contributed by atoms with Crippen molar-refractivity contribution in [2.75, 3.05) is 4.90 Å². The van der Waals surface area contributed by atoms with Crippen molar-refractivity contribution in [1.29, 1.82) is 0 Å². The molecule has 3 aromatic carbocycles. The van der Waals surface area contributed by atoms with Crippen LogP contribution in [0, 0.1) is 19.8 Å². The van der Waals surface area contributed by atoms with E-state index in [9.17, 15) is 9.59 Å². The fraction of sp³-hybridized carbons (Fsp3) is 0.286. The van der Waals surface area contributed by atoms with Crippen molar-refractivity contribution in [2.45, 2.75) is 50.4 Å². The van der Waals surface area contributed by atoms with E-state index in [-0.39, 0.29) is 17.9 Å². The molecule has 3 aromatic rings. The monoisotopic (exact) mass is 458 g/mol. The maximum Gasteiger partial charge on any atom is 0.241 e. The van der Waals surface area contributed by atoms with Crippen LogP contribution in [-0.2, 0) is 16.1 Å². The maximum absolute atomic E-state index is 13.7. The van der Waals surface area contributed by atoms with Gasteiger partial charge in [-0.3, -0.25) is 9.59 Å². The second-order valence-electron chi connectivity index (χ2n) is 8.79. The number of amides is 2. The molecule has 4 rings (SSSR count). The lowest BCUT2D eigenvalue weighted by molar-refractivity contribution is -0.128. The van der Waals surface area contributed by atoms with Crippen molar-refractivity contribution in [3.8, 4) is 0 Å². The molecule has 1 aliphatic rings. The van der Waals surface area contributed by atoms with Crippen LogP contribution < -0.4 is 10.2 Å². The van der Waals surface area contributed by atoms with Gasteiger partial charge in [0, 0.05) is 4.90 Å². The molecule has 1 aliphatic heterocycles.